The second-order valence-corrected chi connectivity index (χ2v) is 7.02. The number of ketones is 1. The lowest BCUT2D eigenvalue weighted by molar-refractivity contribution is -0.116. The molecule has 0 spiro atoms. The molecule has 2 aliphatic heterocycles. The first-order valence-electron chi connectivity index (χ1n) is 9.86. The summed E-state index contributed by atoms with van der Waals surface area (Å²) in [5.41, 5.74) is 6.53. The Labute approximate surface area is 167 Å². The molecule has 1 saturated heterocycles. The number of rotatable bonds is 5. The van der Waals surface area contributed by atoms with Gasteiger partial charge in [-0.2, -0.15) is 0 Å². The molecule has 144 valence electrons. The molecule has 0 amide bonds. The number of ether oxygens (including phenoxy) is 1. The molecule has 1 aliphatic carbocycles. The summed E-state index contributed by atoms with van der Waals surface area (Å²) in [4.78, 5) is 18.2. The fourth-order valence-corrected chi connectivity index (χ4v) is 3.15. The molecule has 2 heterocycles. The van der Waals surface area contributed by atoms with Crippen LogP contribution < -0.4 is 0 Å². The SMILES string of the molecule is CC(=O)CC/C1=N/C=C(/C2C#CC/C=C(/N3CCOCC3)C=C=C2)CC#CC1. The summed E-state index contributed by atoms with van der Waals surface area (Å²) in [6.07, 6.45) is 11.3. The molecule has 0 bridgehead atoms. The van der Waals surface area contributed by atoms with Crippen molar-refractivity contribution in [1.82, 2.24) is 4.90 Å². The highest BCUT2D eigenvalue weighted by Gasteiger charge is 2.13. The molecule has 0 aromatic rings. The predicted octanol–water partition coefficient (Wildman–Crippen LogP) is 3.43. The molecular weight excluding hydrogens is 348 g/mol. The molecule has 28 heavy (non-hydrogen) atoms. The highest BCUT2D eigenvalue weighted by Crippen LogP contribution is 2.19. The van der Waals surface area contributed by atoms with E-state index in [0.29, 0.717) is 32.1 Å². The van der Waals surface area contributed by atoms with Gasteiger partial charge in [0.15, 0.2) is 0 Å². The summed E-state index contributed by atoms with van der Waals surface area (Å²) >= 11 is 0. The topological polar surface area (TPSA) is 41.9 Å². The second kappa shape index (κ2) is 10.5. The van der Waals surface area contributed by atoms with Gasteiger partial charge < -0.3 is 14.4 Å². The van der Waals surface area contributed by atoms with E-state index in [1.807, 2.05) is 18.4 Å². The fraction of sp³-hybridized carbons (Fsp3) is 0.458. The number of carbonyl (C=O) groups excluding carboxylic acids is 1. The molecular formula is C24H26N2O2. The van der Waals surface area contributed by atoms with Crippen molar-refractivity contribution in [3.63, 3.8) is 0 Å². The standard InChI is InChI=1S/C24H26N2O2/c1-20(27)13-14-23-10-4-2-8-22(19-25-23)21-7-3-5-11-24(12-6-9-21)26-15-17-28-18-16-26/h9,11-12,19,21H,5,8,10,13-18H2,1H3/b22-19+,24-11+,25-23+. The highest BCUT2D eigenvalue weighted by molar-refractivity contribution is 5.90. The maximum atomic E-state index is 11.2. The third-order valence-electron chi connectivity index (χ3n) is 4.83. The minimum Gasteiger partial charge on any atom is -0.378 e. The number of carbonyl (C=O) groups is 1. The van der Waals surface area contributed by atoms with Gasteiger partial charge in [0.1, 0.15) is 5.78 Å². The van der Waals surface area contributed by atoms with Crippen molar-refractivity contribution in [2.75, 3.05) is 26.3 Å². The van der Waals surface area contributed by atoms with Crippen LogP contribution in [0.2, 0.25) is 0 Å². The number of hydrogen-bond donors (Lipinski definition) is 0. The monoisotopic (exact) mass is 374 g/mol. The Hall–Kier alpha value is -2.78. The van der Waals surface area contributed by atoms with Crippen molar-refractivity contribution in [3.8, 4) is 23.7 Å². The Morgan fingerprint density at radius 1 is 1.25 bits per heavy atom. The van der Waals surface area contributed by atoms with Gasteiger partial charge in [0.2, 0.25) is 0 Å². The number of aliphatic imine (C=N–C) groups is 1. The molecule has 4 heteroatoms. The smallest absolute Gasteiger partial charge is 0.130 e. The molecule has 1 unspecified atom stereocenters. The van der Waals surface area contributed by atoms with E-state index in [-0.39, 0.29) is 11.7 Å². The molecule has 0 aromatic heterocycles. The largest absolute Gasteiger partial charge is 0.378 e. The summed E-state index contributed by atoms with van der Waals surface area (Å²) < 4.78 is 5.44. The molecule has 1 fully saturated rings. The van der Waals surface area contributed by atoms with Crippen LogP contribution in [0.15, 0.2) is 46.4 Å². The van der Waals surface area contributed by atoms with E-state index in [1.54, 1.807) is 6.92 Å². The van der Waals surface area contributed by atoms with Crippen LogP contribution in [0, 0.1) is 29.6 Å². The Kier molecular flexibility index (Phi) is 7.51. The van der Waals surface area contributed by atoms with Crippen LogP contribution in [-0.2, 0) is 9.53 Å². The van der Waals surface area contributed by atoms with Crippen LogP contribution in [0.3, 0.4) is 0 Å². The van der Waals surface area contributed by atoms with Crippen LogP contribution in [0.4, 0.5) is 0 Å². The number of morpholine rings is 1. The van der Waals surface area contributed by atoms with Crippen LogP contribution in [-0.4, -0.2) is 42.7 Å². The van der Waals surface area contributed by atoms with Crippen molar-refractivity contribution < 1.29 is 9.53 Å². The lowest BCUT2D eigenvalue weighted by atomic mass is 9.96. The molecule has 3 rings (SSSR count). The zero-order valence-corrected chi connectivity index (χ0v) is 16.5. The average Bonchev–Trinajstić information content (AvgIpc) is 2.80. The van der Waals surface area contributed by atoms with Gasteiger partial charge in [-0.1, -0.05) is 23.7 Å². The van der Waals surface area contributed by atoms with E-state index in [1.165, 1.54) is 0 Å². The average molecular weight is 374 g/mol. The van der Waals surface area contributed by atoms with Crippen LogP contribution in [0.1, 0.15) is 39.0 Å². The van der Waals surface area contributed by atoms with Gasteiger partial charge in [-0.05, 0) is 31.1 Å². The first-order chi connectivity index (χ1) is 13.7. The summed E-state index contributed by atoms with van der Waals surface area (Å²) in [6.45, 7) is 4.94. The van der Waals surface area contributed by atoms with E-state index in [0.717, 1.165) is 43.3 Å². The molecule has 3 aliphatic rings. The quantitative estimate of drug-likeness (QED) is 0.547. The van der Waals surface area contributed by atoms with Gasteiger partial charge >= 0.3 is 0 Å². The van der Waals surface area contributed by atoms with E-state index >= 15 is 0 Å². The Morgan fingerprint density at radius 3 is 2.89 bits per heavy atom. The van der Waals surface area contributed by atoms with Crippen molar-refractivity contribution in [1.29, 1.82) is 0 Å². The number of allylic oxidation sites excluding steroid dienone is 3. The second-order valence-electron chi connectivity index (χ2n) is 7.02. The van der Waals surface area contributed by atoms with E-state index in [2.05, 4.69) is 45.4 Å². The van der Waals surface area contributed by atoms with Gasteiger partial charge in [0.25, 0.3) is 0 Å². The molecule has 0 radical (unpaired) electrons. The van der Waals surface area contributed by atoms with Gasteiger partial charge in [-0.25, -0.2) is 0 Å². The third-order valence-corrected chi connectivity index (χ3v) is 4.83. The molecule has 0 aromatic carbocycles. The number of hydrogen-bond acceptors (Lipinski definition) is 4. The predicted molar refractivity (Wildman–Crippen MR) is 111 cm³/mol. The first-order valence-corrected chi connectivity index (χ1v) is 9.86. The van der Waals surface area contributed by atoms with E-state index < -0.39 is 0 Å². The Bertz CT molecular complexity index is 871. The van der Waals surface area contributed by atoms with Crippen LogP contribution >= 0.6 is 0 Å². The van der Waals surface area contributed by atoms with Crippen molar-refractivity contribution in [2.45, 2.75) is 39.0 Å². The highest BCUT2D eigenvalue weighted by atomic mass is 16.5. The fourth-order valence-electron chi connectivity index (χ4n) is 3.15. The zero-order valence-electron chi connectivity index (χ0n) is 16.5. The number of Topliss-reactive ketones (excluding diaryl/α,β-unsaturated/α-hetero) is 1. The molecule has 4 nitrogen and oxygen atoms in total. The van der Waals surface area contributed by atoms with Gasteiger partial charge in [0.05, 0.1) is 19.1 Å². The summed E-state index contributed by atoms with van der Waals surface area (Å²) in [6, 6.07) is 0. The molecule has 0 saturated carbocycles. The normalized spacial score (nSPS) is 27.4. The zero-order chi connectivity index (χ0) is 19.6. The summed E-state index contributed by atoms with van der Waals surface area (Å²) in [7, 11) is 0. The van der Waals surface area contributed by atoms with Crippen molar-refractivity contribution in [3.05, 3.63) is 41.4 Å². The van der Waals surface area contributed by atoms with Gasteiger partial charge in [-0.3, -0.25) is 4.99 Å². The minimum atomic E-state index is -0.0427. The van der Waals surface area contributed by atoms with Gasteiger partial charge in [-0.15, -0.1) is 5.73 Å². The summed E-state index contributed by atoms with van der Waals surface area (Å²) in [5.74, 6) is 13.1. The van der Waals surface area contributed by atoms with Crippen LogP contribution in [0.25, 0.3) is 0 Å². The van der Waals surface area contributed by atoms with E-state index in [4.69, 9.17) is 4.74 Å². The maximum Gasteiger partial charge on any atom is 0.130 e. The lowest BCUT2D eigenvalue weighted by Gasteiger charge is -2.29. The van der Waals surface area contributed by atoms with Crippen molar-refractivity contribution in [2.24, 2.45) is 10.9 Å². The Morgan fingerprint density at radius 2 is 2.07 bits per heavy atom. The molecule has 0 N–H and O–H groups in total. The molecule has 1 atom stereocenters. The Balaban J connectivity index is 1.76. The maximum absolute atomic E-state index is 11.2. The summed E-state index contributed by atoms with van der Waals surface area (Å²) in [5, 5.41) is 0. The van der Waals surface area contributed by atoms with Crippen LogP contribution in [0.5, 0.6) is 0 Å². The first kappa shape index (κ1) is 20.0. The van der Waals surface area contributed by atoms with Crippen molar-refractivity contribution >= 4 is 11.5 Å². The number of nitrogens with zero attached hydrogens (tertiary/aromatic N) is 2. The third kappa shape index (κ3) is 6.14. The van der Waals surface area contributed by atoms with Gasteiger partial charge in [0, 0.05) is 62.5 Å². The minimum absolute atomic E-state index is 0.0427. The van der Waals surface area contributed by atoms with E-state index in [9.17, 15) is 4.79 Å². The lowest BCUT2D eigenvalue weighted by Crippen LogP contribution is -2.35.